The molecule has 0 spiro atoms. The van der Waals surface area contributed by atoms with E-state index in [0.717, 1.165) is 70.6 Å². The van der Waals surface area contributed by atoms with E-state index in [1.807, 2.05) is 27.2 Å². The monoisotopic (exact) mass is 703 g/mol. The maximum absolute atomic E-state index is 12.6. The third-order valence-corrected chi connectivity index (χ3v) is 8.04. The van der Waals surface area contributed by atoms with Crippen molar-refractivity contribution in [1.29, 1.82) is 0 Å². The van der Waals surface area contributed by atoms with Crippen LogP contribution < -0.4 is 5.32 Å². The molecule has 8 nitrogen and oxygen atoms in total. The third-order valence-electron chi connectivity index (χ3n) is 7.06. The first-order chi connectivity index (χ1) is 23.5. The van der Waals surface area contributed by atoms with Crippen LogP contribution in [0.3, 0.4) is 0 Å². The highest BCUT2D eigenvalue weighted by atomic mass is 31.2. The summed E-state index contributed by atoms with van der Waals surface area (Å²) in [4.78, 5) is 22.7. The highest BCUT2D eigenvalue weighted by Crippen LogP contribution is 2.43. The van der Waals surface area contributed by atoms with Crippen molar-refractivity contribution >= 4 is 13.7 Å². The summed E-state index contributed by atoms with van der Waals surface area (Å²) < 4.78 is 23.2. The molecular weight excluding hydrogens is 635 g/mol. The van der Waals surface area contributed by atoms with E-state index >= 15 is 0 Å². The van der Waals surface area contributed by atoms with Crippen LogP contribution in [0, 0.1) is 0 Å². The molecule has 0 radical (unpaired) electrons. The van der Waals surface area contributed by atoms with Gasteiger partial charge < -0.3 is 19.8 Å². The van der Waals surface area contributed by atoms with E-state index in [4.69, 9.17) is 9.05 Å². The zero-order chi connectivity index (χ0) is 36.5. The molecule has 0 aromatic heterocycles. The van der Waals surface area contributed by atoms with Crippen LogP contribution in [0.5, 0.6) is 0 Å². The summed E-state index contributed by atoms with van der Waals surface area (Å²) >= 11 is 0. The quantitative estimate of drug-likeness (QED) is 0.0298. The number of aliphatic hydroxyl groups is 1. The average molecular weight is 704 g/mol. The number of carbonyl (C=O) groups is 1. The van der Waals surface area contributed by atoms with Gasteiger partial charge in [0.05, 0.1) is 39.9 Å². The summed E-state index contributed by atoms with van der Waals surface area (Å²) in [6, 6.07) is -0.878. The van der Waals surface area contributed by atoms with Crippen molar-refractivity contribution in [2.45, 2.75) is 109 Å². The van der Waals surface area contributed by atoms with Crippen LogP contribution in [0.4, 0.5) is 0 Å². The summed E-state index contributed by atoms with van der Waals surface area (Å²) in [7, 11) is 1.50. The molecular formula is C40H68N2O6P+. The molecule has 0 saturated heterocycles. The van der Waals surface area contributed by atoms with Crippen molar-refractivity contribution in [2.24, 2.45) is 0 Å². The molecule has 0 bridgehead atoms. The van der Waals surface area contributed by atoms with E-state index in [1.54, 1.807) is 6.08 Å². The zero-order valence-electron chi connectivity index (χ0n) is 31.1. The van der Waals surface area contributed by atoms with Gasteiger partial charge in [-0.1, -0.05) is 124 Å². The van der Waals surface area contributed by atoms with Crippen molar-refractivity contribution in [3.63, 3.8) is 0 Å². The van der Waals surface area contributed by atoms with Crippen LogP contribution in [0.1, 0.15) is 97.3 Å². The number of unbranched alkanes of at least 4 members (excludes halogenated alkanes) is 3. The molecule has 3 N–H and O–H groups in total. The number of nitrogens with zero attached hydrogens (tertiary/aromatic N) is 1. The molecule has 49 heavy (non-hydrogen) atoms. The van der Waals surface area contributed by atoms with Gasteiger partial charge in [0.1, 0.15) is 13.2 Å². The molecule has 0 saturated carbocycles. The van der Waals surface area contributed by atoms with Gasteiger partial charge in [0.25, 0.3) is 0 Å². The molecule has 1 amide bonds. The molecule has 0 heterocycles. The second-order valence-corrected chi connectivity index (χ2v) is 14.3. The van der Waals surface area contributed by atoms with Gasteiger partial charge in [-0.2, -0.15) is 0 Å². The molecule has 3 atom stereocenters. The Morgan fingerprint density at radius 2 is 1.18 bits per heavy atom. The number of amides is 1. The maximum atomic E-state index is 12.6. The van der Waals surface area contributed by atoms with Gasteiger partial charge in [-0.05, 0) is 64.2 Å². The number of nitrogens with one attached hydrogen (secondary N) is 1. The fraction of sp³-hybridized carbons (Fsp3) is 0.575. The lowest BCUT2D eigenvalue weighted by Crippen LogP contribution is -2.45. The Morgan fingerprint density at radius 1 is 0.714 bits per heavy atom. The lowest BCUT2D eigenvalue weighted by atomic mass is 10.1. The predicted molar refractivity (Wildman–Crippen MR) is 207 cm³/mol. The van der Waals surface area contributed by atoms with Crippen LogP contribution >= 0.6 is 7.82 Å². The second kappa shape index (κ2) is 31.4. The molecule has 0 aromatic carbocycles. The number of phosphoric acid groups is 1. The summed E-state index contributed by atoms with van der Waals surface area (Å²) in [6.45, 7) is 4.44. The van der Waals surface area contributed by atoms with Gasteiger partial charge in [0, 0.05) is 6.42 Å². The number of hydrogen-bond acceptors (Lipinski definition) is 5. The summed E-state index contributed by atoms with van der Waals surface area (Å²) in [5, 5.41) is 13.4. The van der Waals surface area contributed by atoms with Gasteiger partial charge in [-0.15, -0.1) is 0 Å². The molecule has 0 aliphatic rings. The van der Waals surface area contributed by atoms with Gasteiger partial charge in [0.15, 0.2) is 0 Å². The first-order valence-corrected chi connectivity index (χ1v) is 19.6. The lowest BCUT2D eigenvalue weighted by Gasteiger charge is -2.25. The van der Waals surface area contributed by atoms with Gasteiger partial charge in [0.2, 0.25) is 5.91 Å². The van der Waals surface area contributed by atoms with Crippen molar-refractivity contribution < 1.29 is 32.9 Å². The largest absolute Gasteiger partial charge is 0.472 e. The number of phosphoric ester groups is 1. The summed E-state index contributed by atoms with van der Waals surface area (Å²) in [5.41, 5.74) is 0. The number of rotatable bonds is 30. The average Bonchev–Trinajstić information content (AvgIpc) is 3.04. The lowest BCUT2D eigenvalue weighted by molar-refractivity contribution is -0.870. The Bertz CT molecular complexity index is 1110. The molecule has 0 aliphatic heterocycles. The number of aliphatic hydroxyl groups excluding tert-OH is 1. The Balaban J connectivity index is 4.35. The standard InChI is InChI=1S/C40H67N2O6P/c1-6-8-10-12-13-14-15-16-17-18-19-20-21-22-23-24-25-26-27-28-29-30-32-34-40(44)41-38(39(43)33-31-11-9-7-2)37-48-49(45,46)47-36-35-42(3,4)5/h8,10,13-14,16-17,19-20,22-23,25-26,28-29,31,33,38-39,43H,6-7,9,11-12,15,18,21,24,27,30,32,34-37H2,1-5H3,(H-,41,44,45,46)/p+1/b10-8-,14-13-,17-16-,20-19-,23-22-,26-25-,29-28-,33-31+. The smallest absolute Gasteiger partial charge is 0.387 e. The Hall–Kier alpha value is -2.58. The first kappa shape index (κ1) is 46.4. The van der Waals surface area contributed by atoms with E-state index in [-0.39, 0.29) is 25.5 Å². The normalized spacial score (nSPS) is 15.8. The Morgan fingerprint density at radius 3 is 1.65 bits per heavy atom. The second-order valence-electron chi connectivity index (χ2n) is 12.9. The SMILES string of the molecule is CC/C=C\C/C=C\C/C=C\C/C=C\C/C=C\C/C=C\C/C=C\CCCC(=O)NC(COP(=O)(O)OCC[N+](C)(C)C)C(O)/C=C/CCCC. The fourth-order valence-corrected chi connectivity index (χ4v) is 4.87. The maximum Gasteiger partial charge on any atom is 0.472 e. The van der Waals surface area contributed by atoms with E-state index in [2.05, 4.69) is 104 Å². The minimum Gasteiger partial charge on any atom is -0.387 e. The van der Waals surface area contributed by atoms with E-state index in [1.165, 1.54) is 0 Å². The van der Waals surface area contributed by atoms with Gasteiger partial charge >= 0.3 is 7.82 Å². The van der Waals surface area contributed by atoms with Crippen molar-refractivity contribution in [2.75, 3.05) is 40.9 Å². The van der Waals surface area contributed by atoms with Crippen LogP contribution in [0.2, 0.25) is 0 Å². The van der Waals surface area contributed by atoms with Crippen LogP contribution in [0.25, 0.3) is 0 Å². The molecule has 278 valence electrons. The predicted octanol–water partition coefficient (Wildman–Crippen LogP) is 9.23. The van der Waals surface area contributed by atoms with E-state index < -0.39 is 20.0 Å². The topological polar surface area (TPSA) is 105 Å². The summed E-state index contributed by atoms with van der Waals surface area (Å²) in [6.07, 6.45) is 44.0. The Labute approximate surface area is 299 Å². The molecule has 3 unspecified atom stereocenters. The Kier molecular flexibility index (Phi) is 29.8. The molecule has 0 aromatic rings. The van der Waals surface area contributed by atoms with Crippen LogP contribution in [-0.2, 0) is 18.4 Å². The van der Waals surface area contributed by atoms with E-state index in [9.17, 15) is 19.4 Å². The molecule has 0 fully saturated rings. The number of likely N-dealkylation sites (N-methyl/N-ethyl adjacent to an activating group) is 1. The van der Waals surface area contributed by atoms with Crippen LogP contribution in [0.15, 0.2) is 97.2 Å². The number of carbonyl (C=O) groups excluding carboxylic acids is 1. The van der Waals surface area contributed by atoms with Crippen molar-refractivity contribution in [1.82, 2.24) is 5.32 Å². The molecule has 0 aliphatic carbocycles. The highest BCUT2D eigenvalue weighted by Gasteiger charge is 2.27. The van der Waals surface area contributed by atoms with Gasteiger partial charge in [-0.3, -0.25) is 13.8 Å². The fourth-order valence-electron chi connectivity index (χ4n) is 4.13. The number of quaternary nitrogens is 1. The first-order valence-electron chi connectivity index (χ1n) is 18.1. The number of hydrogen-bond donors (Lipinski definition) is 3. The van der Waals surface area contributed by atoms with Gasteiger partial charge in [-0.25, -0.2) is 4.57 Å². The third kappa shape index (κ3) is 33.7. The summed E-state index contributed by atoms with van der Waals surface area (Å²) in [5.74, 6) is -0.251. The zero-order valence-corrected chi connectivity index (χ0v) is 32.0. The number of allylic oxidation sites excluding steroid dienone is 15. The van der Waals surface area contributed by atoms with Crippen LogP contribution in [-0.4, -0.2) is 73.4 Å². The minimum atomic E-state index is -4.34. The van der Waals surface area contributed by atoms with Crippen molar-refractivity contribution in [3.8, 4) is 0 Å². The minimum absolute atomic E-state index is 0.0430. The highest BCUT2D eigenvalue weighted by molar-refractivity contribution is 7.47. The van der Waals surface area contributed by atoms with Crippen molar-refractivity contribution in [3.05, 3.63) is 97.2 Å². The molecule has 9 heteroatoms. The molecule has 0 rings (SSSR count). The van der Waals surface area contributed by atoms with E-state index in [0.29, 0.717) is 17.4 Å².